The van der Waals surface area contributed by atoms with Gasteiger partial charge < -0.3 is 5.32 Å². The Morgan fingerprint density at radius 2 is 2.46 bits per heavy atom. The molecule has 0 aliphatic carbocycles. The second-order valence-corrected chi connectivity index (χ2v) is 3.43. The fraction of sp³-hybridized carbons (Fsp3) is 0.300. The van der Waals surface area contributed by atoms with E-state index in [4.69, 9.17) is 0 Å². The molecule has 0 atom stereocenters. The predicted octanol–water partition coefficient (Wildman–Crippen LogP) is 2.47. The lowest BCUT2D eigenvalue weighted by molar-refractivity contribution is 0.809. The van der Waals surface area contributed by atoms with Gasteiger partial charge in [-0.25, -0.2) is 4.98 Å². The average Bonchev–Trinajstić information content (AvgIpc) is 2.15. The molecule has 0 saturated carbocycles. The molecule has 70 valence electrons. The lowest BCUT2D eigenvalue weighted by Crippen LogP contribution is -2.05. The lowest BCUT2D eigenvalue weighted by Gasteiger charge is -1.95. The molecule has 0 spiro atoms. The lowest BCUT2D eigenvalue weighted by atomic mass is 10.2. The summed E-state index contributed by atoms with van der Waals surface area (Å²) in [6.07, 6.45) is 7.03. The summed E-state index contributed by atoms with van der Waals surface area (Å²) in [7, 11) is 1.95. The maximum absolute atomic E-state index is 4.13. The van der Waals surface area contributed by atoms with Crippen molar-refractivity contribution in [2.75, 3.05) is 13.6 Å². The van der Waals surface area contributed by atoms with Crippen LogP contribution in [0.1, 0.15) is 12.0 Å². The van der Waals surface area contributed by atoms with E-state index in [9.17, 15) is 0 Å². The quantitative estimate of drug-likeness (QED) is 0.647. The van der Waals surface area contributed by atoms with E-state index in [2.05, 4.69) is 38.4 Å². The first kappa shape index (κ1) is 10.4. The fourth-order valence-corrected chi connectivity index (χ4v) is 1.34. The van der Waals surface area contributed by atoms with Crippen molar-refractivity contribution in [1.29, 1.82) is 0 Å². The topological polar surface area (TPSA) is 24.9 Å². The van der Waals surface area contributed by atoms with E-state index >= 15 is 0 Å². The van der Waals surface area contributed by atoms with Gasteiger partial charge in [-0.2, -0.15) is 0 Å². The summed E-state index contributed by atoms with van der Waals surface area (Å²) in [4.78, 5) is 4.13. The van der Waals surface area contributed by atoms with Gasteiger partial charge in [0.1, 0.15) is 4.60 Å². The van der Waals surface area contributed by atoms with Crippen LogP contribution in [0, 0.1) is 0 Å². The van der Waals surface area contributed by atoms with E-state index in [0.717, 1.165) is 23.1 Å². The van der Waals surface area contributed by atoms with Crippen LogP contribution in [-0.2, 0) is 0 Å². The molecule has 0 aliphatic rings. The van der Waals surface area contributed by atoms with Gasteiger partial charge in [0, 0.05) is 11.8 Å². The Balaban J connectivity index is 2.53. The van der Waals surface area contributed by atoms with Crippen molar-refractivity contribution in [2.45, 2.75) is 6.42 Å². The van der Waals surface area contributed by atoms with Crippen LogP contribution in [0.15, 0.2) is 29.0 Å². The Bertz CT molecular complexity index is 284. The molecular weight excluding hydrogens is 228 g/mol. The molecule has 0 aromatic carbocycles. The second kappa shape index (κ2) is 5.89. The molecule has 0 fully saturated rings. The van der Waals surface area contributed by atoms with Crippen LogP contribution in [0.2, 0.25) is 0 Å². The summed E-state index contributed by atoms with van der Waals surface area (Å²) in [5.41, 5.74) is 1.12. The fourth-order valence-electron chi connectivity index (χ4n) is 0.961. The maximum Gasteiger partial charge on any atom is 0.113 e. The first-order chi connectivity index (χ1) is 6.34. The molecule has 1 N–H and O–H groups in total. The van der Waals surface area contributed by atoms with Crippen LogP contribution in [0.25, 0.3) is 6.08 Å². The van der Waals surface area contributed by atoms with Crippen LogP contribution < -0.4 is 5.32 Å². The minimum Gasteiger partial charge on any atom is -0.319 e. The molecule has 0 bridgehead atoms. The predicted molar refractivity (Wildman–Crippen MR) is 59.5 cm³/mol. The van der Waals surface area contributed by atoms with Gasteiger partial charge >= 0.3 is 0 Å². The minimum absolute atomic E-state index is 0.899. The third kappa shape index (κ3) is 3.70. The molecule has 0 radical (unpaired) electrons. The molecule has 0 aliphatic heterocycles. The maximum atomic E-state index is 4.13. The van der Waals surface area contributed by atoms with Crippen molar-refractivity contribution in [3.63, 3.8) is 0 Å². The summed E-state index contributed by atoms with van der Waals surface area (Å²) in [5.74, 6) is 0. The number of rotatable bonds is 4. The molecule has 1 aromatic rings. The highest BCUT2D eigenvalue weighted by Gasteiger charge is 1.92. The molecule has 0 unspecified atom stereocenters. The van der Waals surface area contributed by atoms with E-state index in [1.807, 2.05) is 19.2 Å². The van der Waals surface area contributed by atoms with Gasteiger partial charge in [0.05, 0.1) is 0 Å². The Hall–Kier alpha value is -0.670. The molecule has 1 aromatic heterocycles. The van der Waals surface area contributed by atoms with Gasteiger partial charge in [-0.1, -0.05) is 18.2 Å². The summed E-state index contributed by atoms with van der Waals surface area (Å²) in [6, 6.07) is 3.97. The highest BCUT2D eigenvalue weighted by Crippen LogP contribution is 2.13. The zero-order chi connectivity index (χ0) is 9.52. The average molecular weight is 241 g/mol. The van der Waals surface area contributed by atoms with E-state index in [-0.39, 0.29) is 0 Å². The molecule has 0 amide bonds. The molecule has 13 heavy (non-hydrogen) atoms. The van der Waals surface area contributed by atoms with Gasteiger partial charge in [0.15, 0.2) is 0 Å². The molecule has 3 heteroatoms. The van der Waals surface area contributed by atoms with Crippen LogP contribution in [0.5, 0.6) is 0 Å². The van der Waals surface area contributed by atoms with E-state index in [1.54, 1.807) is 6.20 Å². The third-order valence-electron chi connectivity index (χ3n) is 1.65. The standard InChI is InChI=1S/C10H13BrN2/c1-12-7-3-2-5-9-6-4-8-13-10(9)11/h2,4-6,8,12H,3,7H2,1H3. The number of aromatic nitrogens is 1. The Kier molecular flexibility index (Phi) is 4.72. The minimum atomic E-state index is 0.899. The largest absolute Gasteiger partial charge is 0.319 e. The van der Waals surface area contributed by atoms with E-state index < -0.39 is 0 Å². The van der Waals surface area contributed by atoms with Crippen LogP contribution in [0.3, 0.4) is 0 Å². The van der Waals surface area contributed by atoms with E-state index in [1.165, 1.54) is 0 Å². The van der Waals surface area contributed by atoms with Crippen molar-refractivity contribution >= 4 is 22.0 Å². The van der Waals surface area contributed by atoms with Crippen LogP contribution in [0.4, 0.5) is 0 Å². The number of nitrogens with zero attached hydrogens (tertiary/aromatic N) is 1. The number of nitrogens with one attached hydrogen (secondary N) is 1. The summed E-state index contributed by atoms with van der Waals surface area (Å²) >= 11 is 3.39. The van der Waals surface area contributed by atoms with Gasteiger partial charge in [-0.3, -0.25) is 0 Å². The number of hydrogen-bond donors (Lipinski definition) is 1. The highest BCUT2D eigenvalue weighted by atomic mass is 79.9. The molecular formula is C10H13BrN2. The second-order valence-electron chi connectivity index (χ2n) is 2.68. The van der Waals surface area contributed by atoms with Gasteiger partial charge in [0.25, 0.3) is 0 Å². The van der Waals surface area contributed by atoms with Crippen molar-refractivity contribution in [3.8, 4) is 0 Å². The molecule has 2 nitrogen and oxygen atoms in total. The normalized spacial score (nSPS) is 10.9. The molecule has 0 saturated heterocycles. The van der Waals surface area contributed by atoms with Gasteiger partial charge in [-0.05, 0) is 42.0 Å². The van der Waals surface area contributed by atoms with Crippen LogP contribution in [-0.4, -0.2) is 18.6 Å². The first-order valence-corrected chi connectivity index (χ1v) is 5.05. The Labute approximate surface area is 87.2 Å². The highest BCUT2D eigenvalue weighted by molar-refractivity contribution is 9.10. The van der Waals surface area contributed by atoms with Gasteiger partial charge in [0.2, 0.25) is 0 Å². The monoisotopic (exact) mass is 240 g/mol. The number of hydrogen-bond acceptors (Lipinski definition) is 2. The SMILES string of the molecule is CNCCC=Cc1cccnc1Br. The summed E-state index contributed by atoms with van der Waals surface area (Å²) in [6.45, 7) is 1.01. The number of halogens is 1. The van der Waals surface area contributed by atoms with Crippen LogP contribution >= 0.6 is 15.9 Å². The van der Waals surface area contributed by atoms with Crippen molar-refractivity contribution in [2.24, 2.45) is 0 Å². The Morgan fingerprint density at radius 1 is 1.62 bits per heavy atom. The van der Waals surface area contributed by atoms with Crippen molar-refractivity contribution < 1.29 is 0 Å². The van der Waals surface area contributed by atoms with Crippen molar-refractivity contribution in [3.05, 3.63) is 34.6 Å². The molecule has 1 rings (SSSR count). The summed E-state index contributed by atoms with van der Waals surface area (Å²) < 4.78 is 0.899. The zero-order valence-electron chi connectivity index (χ0n) is 7.63. The first-order valence-electron chi connectivity index (χ1n) is 4.26. The van der Waals surface area contributed by atoms with Crippen molar-refractivity contribution in [1.82, 2.24) is 10.3 Å². The van der Waals surface area contributed by atoms with Gasteiger partial charge in [-0.15, -0.1) is 0 Å². The zero-order valence-corrected chi connectivity index (χ0v) is 9.21. The molecule has 1 heterocycles. The number of pyridine rings is 1. The van der Waals surface area contributed by atoms with E-state index in [0.29, 0.717) is 0 Å². The Morgan fingerprint density at radius 3 is 3.15 bits per heavy atom. The smallest absolute Gasteiger partial charge is 0.113 e. The summed E-state index contributed by atoms with van der Waals surface area (Å²) in [5, 5.41) is 3.09. The third-order valence-corrected chi connectivity index (χ3v) is 2.31.